The van der Waals surface area contributed by atoms with Crippen LogP contribution in [0.25, 0.3) is 11.4 Å². The van der Waals surface area contributed by atoms with Crippen LogP contribution in [0.15, 0.2) is 54.7 Å². The van der Waals surface area contributed by atoms with E-state index in [4.69, 9.17) is 9.47 Å². The molecule has 0 unspecified atom stereocenters. The zero-order valence-electron chi connectivity index (χ0n) is 18.8. The summed E-state index contributed by atoms with van der Waals surface area (Å²) in [4.78, 5) is 24.0. The van der Waals surface area contributed by atoms with Crippen LogP contribution in [-0.2, 0) is 11.3 Å². The zero-order valence-corrected chi connectivity index (χ0v) is 18.8. The molecule has 1 amide bonds. The molecule has 2 aromatic carbocycles. The topological polar surface area (TPSA) is 76.6 Å². The van der Waals surface area contributed by atoms with Gasteiger partial charge in [-0.1, -0.05) is 0 Å². The third kappa shape index (κ3) is 5.39. The van der Waals surface area contributed by atoms with Gasteiger partial charge in [0.05, 0.1) is 20.1 Å². The number of ether oxygens (including phenoxy) is 2. The first-order chi connectivity index (χ1) is 16.1. The van der Waals surface area contributed by atoms with E-state index in [9.17, 15) is 9.18 Å². The Hall–Kier alpha value is -3.68. The molecule has 7 nitrogen and oxygen atoms in total. The molecular weight excluding hydrogens is 423 g/mol. The van der Waals surface area contributed by atoms with Crippen molar-refractivity contribution in [3.63, 3.8) is 0 Å². The highest BCUT2D eigenvalue weighted by molar-refractivity contribution is 5.79. The first-order valence-corrected chi connectivity index (χ1v) is 10.9. The number of hydrogen-bond acceptors (Lipinski definition) is 6. The van der Waals surface area contributed by atoms with Crippen molar-refractivity contribution in [1.29, 1.82) is 0 Å². The summed E-state index contributed by atoms with van der Waals surface area (Å²) in [7, 11) is 3.21. The van der Waals surface area contributed by atoms with Crippen molar-refractivity contribution >= 4 is 11.7 Å². The summed E-state index contributed by atoms with van der Waals surface area (Å²) in [5.41, 5.74) is 1.61. The number of benzene rings is 2. The molecule has 0 saturated carbocycles. The largest absolute Gasteiger partial charge is 0.497 e. The molecule has 0 spiro atoms. The van der Waals surface area contributed by atoms with Gasteiger partial charge in [-0.3, -0.25) is 4.79 Å². The van der Waals surface area contributed by atoms with Gasteiger partial charge in [-0.15, -0.1) is 0 Å². The Labute approximate surface area is 192 Å². The van der Waals surface area contributed by atoms with Crippen LogP contribution in [0.3, 0.4) is 0 Å². The maximum absolute atomic E-state index is 13.2. The molecule has 0 bridgehead atoms. The lowest BCUT2D eigenvalue weighted by Gasteiger charge is -2.33. The lowest BCUT2D eigenvalue weighted by Crippen LogP contribution is -2.43. The maximum atomic E-state index is 13.2. The molecule has 3 aromatic rings. The Morgan fingerprint density at radius 2 is 1.97 bits per heavy atom. The summed E-state index contributed by atoms with van der Waals surface area (Å²) in [6.07, 6.45) is 3.39. The standard InChI is InChI=1S/C25H27FN4O3/c1-32-21-9-10-22(33-2)19(14-21)15-28-25(31)18-4-3-13-30(16-18)23-11-12-27-24(29-23)17-5-7-20(26)8-6-17/h5-12,14,18H,3-4,13,15-16H2,1-2H3,(H,28,31)/t18-/m0/s1. The highest BCUT2D eigenvalue weighted by Crippen LogP contribution is 2.26. The molecular formula is C25H27FN4O3. The molecule has 2 heterocycles. The summed E-state index contributed by atoms with van der Waals surface area (Å²) >= 11 is 0. The Morgan fingerprint density at radius 1 is 1.15 bits per heavy atom. The van der Waals surface area contributed by atoms with E-state index in [2.05, 4.69) is 20.2 Å². The number of piperidine rings is 1. The summed E-state index contributed by atoms with van der Waals surface area (Å²) in [5, 5.41) is 3.04. The fourth-order valence-corrected chi connectivity index (χ4v) is 4.01. The molecule has 33 heavy (non-hydrogen) atoms. The van der Waals surface area contributed by atoms with Crippen LogP contribution in [0.1, 0.15) is 18.4 Å². The van der Waals surface area contributed by atoms with E-state index in [0.717, 1.165) is 36.3 Å². The van der Waals surface area contributed by atoms with E-state index in [-0.39, 0.29) is 17.6 Å². The van der Waals surface area contributed by atoms with Crippen molar-refractivity contribution in [2.75, 3.05) is 32.2 Å². The molecule has 1 atom stereocenters. The van der Waals surface area contributed by atoms with Gasteiger partial charge < -0.3 is 19.7 Å². The molecule has 1 aliphatic rings. The van der Waals surface area contributed by atoms with E-state index in [0.29, 0.717) is 30.4 Å². The van der Waals surface area contributed by atoms with Crippen molar-refractivity contribution in [2.24, 2.45) is 5.92 Å². The normalized spacial score (nSPS) is 15.7. The van der Waals surface area contributed by atoms with Gasteiger partial charge in [0.15, 0.2) is 5.82 Å². The zero-order chi connectivity index (χ0) is 23.2. The van der Waals surface area contributed by atoms with Crippen LogP contribution in [-0.4, -0.2) is 43.2 Å². The quantitative estimate of drug-likeness (QED) is 0.590. The van der Waals surface area contributed by atoms with Gasteiger partial charge in [0.2, 0.25) is 5.91 Å². The molecule has 1 fully saturated rings. The predicted molar refractivity (Wildman–Crippen MR) is 124 cm³/mol. The monoisotopic (exact) mass is 450 g/mol. The van der Waals surface area contributed by atoms with Gasteiger partial charge in [0.1, 0.15) is 23.1 Å². The fraction of sp³-hybridized carbons (Fsp3) is 0.320. The van der Waals surface area contributed by atoms with Crippen molar-refractivity contribution in [3.05, 3.63) is 66.1 Å². The minimum absolute atomic E-state index is 0.00242. The lowest BCUT2D eigenvalue weighted by molar-refractivity contribution is -0.125. The number of rotatable bonds is 7. The number of aromatic nitrogens is 2. The van der Waals surface area contributed by atoms with Crippen LogP contribution >= 0.6 is 0 Å². The van der Waals surface area contributed by atoms with Gasteiger partial charge in [-0.2, -0.15) is 0 Å². The summed E-state index contributed by atoms with van der Waals surface area (Å²) in [6, 6.07) is 13.5. The van der Waals surface area contributed by atoms with Crippen molar-refractivity contribution in [2.45, 2.75) is 19.4 Å². The number of hydrogen-bond donors (Lipinski definition) is 1. The molecule has 1 N–H and O–H groups in total. The van der Waals surface area contributed by atoms with Crippen molar-refractivity contribution in [3.8, 4) is 22.9 Å². The number of anilines is 1. The van der Waals surface area contributed by atoms with Crippen LogP contribution in [0, 0.1) is 11.7 Å². The van der Waals surface area contributed by atoms with Crippen LogP contribution in [0.2, 0.25) is 0 Å². The average Bonchev–Trinajstić information content (AvgIpc) is 2.87. The van der Waals surface area contributed by atoms with Crippen LogP contribution in [0.4, 0.5) is 10.2 Å². The van der Waals surface area contributed by atoms with Gasteiger partial charge in [-0.25, -0.2) is 14.4 Å². The van der Waals surface area contributed by atoms with Gasteiger partial charge >= 0.3 is 0 Å². The molecule has 1 aromatic heterocycles. The lowest BCUT2D eigenvalue weighted by atomic mass is 9.97. The Kier molecular flexibility index (Phi) is 7.02. The second-order valence-corrected chi connectivity index (χ2v) is 7.93. The highest BCUT2D eigenvalue weighted by atomic mass is 19.1. The number of nitrogens with zero attached hydrogens (tertiary/aromatic N) is 3. The molecule has 172 valence electrons. The number of halogens is 1. The van der Waals surface area contributed by atoms with Gasteiger partial charge in [-0.05, 0) is 61.4 Å². The number of carbonyl (C=O) groups excluding carboxylic acids is 1. The Morgan fingerprint density at radius 3 is 2.73 bits per heavy atom. The summed E-state index contributed by atoms with van der Waals surface area (Å²) in [6.45, 7) is 1.74. The number of methoxy groups -OCH3 is 2. The van der Waals surface area contributed by atoms with E-state index < -0.39 is 0 Å². The molecule has 4 rings (SSSR count). The summed E-state index contributed by atoms with van der Waals surface area (Å²) < 4.78 is 23.9. The first-order valence-electron chi connectivity index (χ1n) is 10.9. The van der Waals surface area contributed by atoms with Crippen molar-refractivity contribution in [1.82, 2.24) is 15.3 Å². The van der Waals surface area contributed by atoms with Gasteiger partial charge in [0.25, 0.3) is 0 Å². The second kappa shape index (κ2) is 10.3. The second-order valence-electron chi connectivity index (χ2n) is 7.93. The maximum Gasteiger partial charge on any atom is 0.225 e. The van der Waals surface area contributed by atoms with E-state index in [1.807, 2.05) is 24.3 Å². The first kappa shape index (κ1) is 22.5. The Bertz CT molecular complexity index is 1110. The van der Waals surface area contributed by atoms with Crippen molar-refractivity contribution < 1.29 is 18.7 Å². The SMILES string of the molecule is COc1ccc(OC)c(CNC(=O)[C@H]2CCCN(c3ccnc(-c4ccc(F)cc4)n3)C2)c1. The molecule has 0 aliphatic carbocycles. The third-order valence-electron chi connectivity index (χ3n) is 5.80. The minimum atomic E-state index is -0.300. The highest BCUT2D eigenvalue weighted by Gasteiger charge is 2.27. The average molecular weight is 451 g/mol. The van der Waals surface area contributed by atoms with Gasteiger partial charge in [0, 0.05) is 37.0 Å². The van der Waals surface area contributed by atoms with E-state index in [1.54, 1.807) is 32.5 Å². The Balaban J connectivity index is 1.42. The molecule has 1 aliphatic heterocycles. The number of nitrogens with one attached hydrogen (secondary N) is 1. The van der Waals surface area contributed by atoms with Crippen LogP contribution in [0.5, 0.6) is 11.5 Å². The molecule has 1 saturated heterocycles. The molecule has 0 radical (unpaired) electrons. The third-order valence-corrected chi connectivity index (χ3v) is 5.80. The van der Waals surface area contributed by atoms with E-state index >= 15 is 0 Å². The predicted octanol–water partition coefficient (Wildman–Crippen LogP) is 3.83. The molecule has 8 heteroatoms. The van der Waals surface area contributed by atoms with E-state index in [1.165, 1.54) is 12.1 Å². The minimum Gasteiger partial charge on any atom is -0.497 e. The number of amides is 1. The van der Waals surface area contributed by atoms with Crippen LogP contribution < -0.4 is 19.7 Å². The smallest absolute Gasteiger partial charge is 0.225 e. The fourth-order valence-electron chi connectivity index (χ4n) is 4.01. The number of carbonyl (C=O) groups is 1. The summed E-state index contributed by atoms with van der Waals surface area (Å²) in [5.74, 6) is 2.25.